The first-order valence-corrected chi connectivity index (χ1v) is 6.84. The summed E-state index contributed by atoms with van der Waals surface area (Å²) in [5.74, 6) is 0.865. The first-order chi connectivity index (χ1) is 8.33. The van der Waals surface area contributed by atoms with Crippen molar-refractivity contribution in [3.63, 3.8) is 0 Å². The van der Waals surface area contributed by atoms with E-state index in [9.17, 15) is 0 Å². The van der Waals surface area contributed by atoms with Crippen molar-refractivity contribution >= 4 is 23.4 Å². The normalized spacial score (nSPS) is 15.1. The van der Waals surface area contributed by atoms with Crippen molar-refractivity contribution in [2.24, 2.45) is 0 Å². The molecule has 0 bridgehead atoms. The van der Waals surface area contributed by atoms with Gasteiger partial charge >= 0.3 is 0 Å². The van der Waals surface area contributed by atoms with E-state index >= 15 is 0 Å². The molecule has 0 saturated heterocycles. The average molecular weight is 267 g/mol. The molecule has 1 aromatic heterocycles. The zero-order valence-corrected chi connectivity index (χ0v) is 10.7. The molecule has 88 valence electrons. The Bertz CT molecular complexity index is 506. The van der Waals surface area contributed by atoms with Crippen LogP contribution in [-0.4, -0.2) is 20.2 Å². The van der Waals surface area contributed by atoms with Gasteiger partial charge in [-0.05, 0) is 41.0 Å². The minimum atomic E-state index is 0.526. The highest BCUT2D eigenvalue weighted by atomic mass is 35.5. The molecule has 0 spiro atoms. The first-order valence-electron chi connectivity index (χ1n) is 5.48. The monoisotopic (exact) mass is 266 g/mol. The quantitative estimate of drug-likeness (QED) is 0.798. The van der Waals surface area contributed by atoms with Gasteiger partial charge in [-0.1, -0.05) is 35.5 Å². The van der Waals surface area contributed by atoms with E-state index in [1.807, 2.05) is 28.9 Å². The van der Waals surface area contributed by atoms with Crippen LogP contribution in [0.1, 0.15) is 24.4 Å². The first kappa shape index (κ1) is 11.0. The molecule has 0 aliphatic heterocycles. The summed E-state index contributed by atoms with van der Waals surface area (Å²) in [6.45, 7) is 0. The molecule has 1 aliphatic carbocycles. The molecule has 1 aliphatic rings. The SMILES string of the molecule is Clc1ccc(CSc2nnnn2C2CC2)cc1. The van der Waals surface area contributed by atoms with Crippen LogP contribution in [0.15, 0.2) is 29.4 Å². The van der Waals surface area contributed by atoms with Crippen molar-refractivity contribution < 1.29 is 0 Å². The summed E-state index contributed by atoms with van der Waals surface area (Å²) in [5, 5.41) is 13.5. The van der Waals surface area contributed by atoms with Gasteiger partial charge in [-0.3, -0.25) is 0 Å². The van der Waals surface area contributed by atoms with Crippen LogP contribution < -0.4 is 0 Å². The van der Waals surface area contributed by atoms with Crippen molar-refractivity contribution in [1.29, 1.82) is 0 Å². The van der Waals surface area contributed by atoms with E-state index in [1.165, 1.54) is 18.4 Å². The Morgan fingerprint density at radius 2 is 2.06 bits per heavy atom. The summed E-state index contributed by atoms with van der Waals surface area (Å²) in [7, 11) is 0. The molecule has 6 heteroatoms. The summed E-state index contributed by atoms with van der Waals surface area (Å²) in [5.41, 5.74) is 1.23. The van der Waals surface area contributed by atoms with E-state index in [0.717, 1.165) is 15.9 Å². The maximum Gasteiger partial charge on any atom is 0.209 e. The minimum Gasteiger partial charge on any atom is -0.217 e. The lowest BCUT2D eigenvalue weighted by Crippen LogP contribution is -1.98. The summed E-state index contributed by atoms with van der Waals surface area (Å²) in [4.78, 5) is 0. The van der Waals surface area contributed by atoms with Crippen molar-refractivity contribution in [2.75, 3.05) is 0 Å². The number of rotatable bonds is 4. The van der Waals surface area contributed by atoms with Crippen molar-refractivity contribution in [2.45, 2.75) is 29.8 Å². The Balaban J connectivity index is 1.67. The van der Waals surface area contributed by atoms with Crippen LogP contribution in [0.3, 0.4) is 0 Å². The van der Waals surface area contributed by atoms with E-state index in [2.05, 4.69) is 15.5 Å². The van der Waals surface area contributed by atoms with Crippen molar-refractivity contribution in [1.82, 2.24) is 20.2 Å². The molecule has 1 saturated carbocycles. The van der Waals surface area contributed by atoms with Crippen LogP contribution in [-0.2, 0) is 5.75 Å². The number of hydrogen-bond acceptors (Lipinski definition) is 4. The topological polar surface area (TPSA) is 43.6 Å². The van der Waals surface area contributed by atoms with Crippen LogP contribution in [0, 0.1) is 0 Å². The lowest BCUT2D eigenvalue weighted by atomic mass is 10.2. The molecule has 1 heterocycles. The third-order valence-corrected chi connectivity index (χ3v) is 3.89. The maximum absolute atomic E-state index is 5.84. The summed E-state index contributed by atoms with van der Waals surface area (Å²) >= 11 is 7.51. The fourth-order valence-electron chi connectivity index (χ4n) is 1.56. The zero-order valence-electron chi connectivity index (χ0n) is 9.08. The summed E-state index contributed by atoms with van der Waals surface area (Å²) < 4.78 is 1.93. The van der Waals surface area contributed by atoms with Gasteiger partial charge in [0.1, 0.15) is 0 Å². The number of thioether (sulfide) groups is 1. The fraction of sp³-hybridized carbons (Fsp3) is 0.364. The number of halogens is 1. The van der Waals surface area contributed by atoms with E-state index < -0.39 is 0 Å². The Kier molecular flexibility index (Phi) is 3.03. The molecule has 1 aromatic carbocycles. The number of aromatic nitrogens is 4. The molecule has 0 amide bonds. The molecule has 3 rings (SSSR count). The number of nitrogens with zero attached hydrogens (tertiary/aromatic N) is 4. The largest absolute Gasteiger partial charge is 0.217 e. The highest BCUT2D eigenvalue weighted by Crippen LogP contribution is 2.36. The second kappa shape index (κ2) is 4.66. The predicted molar refractivity (Wildman–Crippen MR) is 67.1 cm³/mol. The molecule has 0 atom stereocenters. The second-order valence-corrected chi connectivity index (χ2v) is 5.43. The smallest absolute Gasteiger partial charge is 0.209 e. The minimum absolute atomic E-state index is 0.526. The lowest BCUT2D eigenvalue weighted by molar-refractivity contribution is 0.565. The molecule has 0 radical (unpaired) electrons. The van der Waals surface area contributed by atoms with Gasteiger partial charge in [-0.15, -0.1) is 5.10 Å². The van der Waals surface area contributed by atoms with E-state index in [-0.39, 0.29) is 0 Å². The van der Waals surface area contributed by atoms with E-state index in [1.54, 1.807) is 11.8 Å². The molecule has 2 aromatic rings. The summed E-state index contributed by atoms with van der Waals surface area (Å²) in [6.07, 6.45) is 2.39. The van der Waals surface area contributed by atoms with Gasteiger partial charge in [-0.2, -0.15) is 0 Å². The van der Waals surface area contributed by atoms with Gasteiger partial charge in [0.15, 0.2) is 0 Å². The van der Waals surface area contributed by atoms with Gasteiger partial charge in [-0.25, -0.2) is 4.68 Å². The molecule has 4 nitrogen and oxygen atoms in total. The van der Waals surface area contributed by atoms with Gasteiger partial charge in [0, 0.05) is 10.8 Å². The van der Waals surface area contributed by atoms with Gasteiger partial charge < -0.3 is 0 Å². The van der Waals surface area contributed by atoms with Gasteiger partial charge in [0.2, 0.25) is 5.16 Å². The summed E-state index contributed by atoms with van der Waals surface area (Å²) in [6, 6.07) is 8.39. The lowest BCUT2D eigenvalue weighted by Gasteiger charge is -2.02. The Labute approximate surface area is 108 Å². The van der Waals surface area contributed by atoms with Crippen LogP contribution in [0.4, 0.5) is 0 Å². The Morgan fingerprint density at radius 3 is 2.76 bits per heavy atom. The van der Waals surface area contributed by atoms with E-state index in [4.69, 9.17) is 11.6 Å². The third-order valence-electron chi connectivity index (χ3n) is 2.64. The van der Waals surface area contributed by atoms with Crippen LogP contribution >= 0.6 is 23.4 Å². The number of benzene rings is 1. The zero-order chi connectivity index (χ0) is 11.7. The van der Waals surface area contributed by atoms with Gasteiger partial charge in [0.05, 0.1) is 6.04 Å². The Morgan fingerprint density at radius 1 is 1.29 bits per heavy atom. The van der Waals surface area contributed by atoms with Crippen LogP contribution in [0.25, 0.3) is 0 Å². The maximum atomic E-state index is 5.84. The molecular formula is C11H11ClN4S. The molecule has 17 heavy (non-hydrogen) atoms. The van der Waals surface area contributed by atoms with Crippen LogP contribution in [0.5, 0.6) is 0 Å². The standard InChI is InChI=1S/C11H11ClN4S/c12-9-3-1-8(2-4-9)7-17-11-13-14-15-16(11)10-5-6-10/h1-4,10H,5-7H2. The molecule has 0 unspecified atom stereocenters. The number of tetrazole rings is 1. The Hall–Kier alpha value is -1.07. The fourth-order valence-corrected chi connectivity index (χ4v) is 2.58. The van der Waals surface area contributed by atoms with Crippen molar-refractivity contribution in [3.8, 4) is 0 Å². The number of hydrogen-bond donors (Lipinski definition) is 0. The van der Waals surface area contributed by atoms with Crippen molar-refractivity contribution in [3.05, 3.63) is 34.9 Å². The average Bonchev–Trinajstić information content (AvgIpc) is 3.08. The molecule has 1 fully saturated rings. The predicted octanol–water partition coefficient (Wildman–Crippen LogP) is 2.95. The van der Waals surface area contributed by atoms with Gasteiger partial charge in [0.25, 0.3) is 0 Å². The third kappa shape index (κ3) is 2.61. The second-order valence-electron chi connectivity index (χ2n) is 4.05. The van der Waals surface area contributed by atoms with Crippen LogP contribution in [0.2, 0.25) is 5.02 Å². The molecule has 0 N–H and O–H groups in total. The molecular weight excluding hydrogens is 256 g/mol. The van der Waals surface area contributed by atoms with E-state index in [0.29, 0.717) is 6.04 Å². The highest BCUT2D eigenvalue weighted by Gasteiger charge is 2.27. The highest BCUT2D eigenvalue weighted by molar-refractivity contribution is 7.98.